The van der Waals surface area contributed by atoms with Crippen molar-refractivity contribution < 1.29 is 4.79 Å². The van der Waals surface area contributed by atoms with Crippen molar-refractivity contribution in [3.05, 3.63) is 47.7 Å². The van der Waals surface area contributed by atoms with Gasteiger partial charge in [0.25, 0.3) is 0 Å². The topological polar surface area (TPSA) is 29.1 Å². The minimum absolute atomic E-state index is 0.137. The van der Waals surface area contributed by atoms with Crippen molar-refractivity contribution in [2.45, 2.75) is 47.0 Å². The molecule has 0 bridgehead atoms. The second kappa shape index (κ2) is 10.4. The van der Waals surface area contributed by atoms with Crippen molar-refractivity contribution >= 4 is 5.78 Å². The lowest BCUT2D eigenvalue weighted by molar-refractivity contribution is -0.116. The van der Waals surface area contributed by atoms with Crippen molar-refractivity contribution in [3.8, 4) is 0 Å². The Morgan fingerprint density at radius 1 is 1.21 bits per heavy atom. The summed E-state index contributed by atoms with van der Waals surface area (Å²) in [4.78, 5) is 10.9. The molecule has 0 saturated carbocycles. The molecule has 0 aromatic rings. The van der Waals surface area contributed by atoms with Gasteiger partial charge in [0.2, 0.25) is 0 Å². The van der Waals surface area contributed by atoms with E-state index in [1.165, 1.54) is 0 Å². The summed E-state index contributed by atoms with van der Waals surface area (Å²) in [7, 11) is 0. The number of allylic oxidation sites excluding steroid dienone is 7. The molecule has 1 N–H and O–H groups in total. The van der Waals surface area contributed by atoms with Crippen LogP contribution in [-0.4, -0.2) is 12.3 Å². The Hall–Kier alpha value is -1.57. The molecular formula is C17H27NO. The third kappa shape index (κ3) is 9.06. The molecule has 0 spiro atoms. The smallest absolute Gasteiger partial charge is 0.148 e. The highest BCUT2D eigenvalue weighted by molar-refractivity contribution is 5.77. The molecule has 0 unspecified atom stereocenters. The highest BCUT2D eigenvalue weighted by Gasteiger charge is 1.99. The number of hydrogen-bond acceptors (Lipinski definition) is 2. The molecule has 0 aliphatic heterocycles. The van der Waals surface area contributed by atoms with Gasteiger partial charge in [0, 0.05) is 5.70 Å². The van der Waals surface area contributed by atoms with E-state index in [4.69, 9.17) is 0 Å². The predicted molar refractivity (Wildman–Crippen MR) is 84.0 cm³/mol. The SMILES string of the molecule is C=C(CC)C(=C\C/C=C\CC)/C=C(\C)NCC(C)=O. The minimum Gasteiger partial charge on any atom is -0.381 e. The molecule has 0 fully saturated rings. The van der Waals surface area contributed by atoms with Crippen LogP contribution in [0.4, 0.5) is 0 Å². The van der Waals surface area contributed by atoms with Gasteiger partial charge in [0.05, 0.1) is 6.54 Å². The quantitative estimate of drug-likeness (QED) is 0.495. The van der Waals surface area contributed by atoms with E-state index < -0.39 is 0 Å². The monoisotopic (exact) mass is 261 g/mol. The van der Waals surface area contributed by atoms with Crippen LogP contribution in [0.3, 0.4) is 0 Å². The maximum Gasteiger partial charge on any atom is 0.148 e. The number of ketones is 1. The fraction of sp³-hybridized carbons (Fsp3) is 0.471. The first-order chi connectivity index (χ1) is 9.01. The summed E-state index contributed by atoms with van der Waals surface area (Å²) in [5, 5.41) is 3.10. The first kappa shape index (κ1) is 17.4. The van der Waals surface area contributed by atoms with Crippen LogP contribution >= 0.6 is 0 Å². The zero-order valence-electron chi connectivity index (χ0n) is 12.8. The number of nitrogens with one attached hydrogen (secondary N) is 1. The number of carbonyl (C=O) groups is 1. The molecule has 0 atom stereocenters. The van der Waals surface area contributed by atoms with Crippen molar-refractivity contribution in [1.29, 1.82) is 0 Å². The standard InChI is InChI=1S/C17H27NO/c1-6-8-9-10-11-17(14(3)7-2)12-15(4)18-13-16(5)19/h8-9,11-12,18H,3,6-7,10,13H2,1-2,4-5H3/b9-8-,15-12+,17-11-. The Bertz CT molecular complexity index is 386. The molecule has 0 radical (unpaired) electrons. The van der Waals surface area contributed by atoms with Crippen LogP contribution in [0, 0.1) is 0 Å². The zero-order chi connectivity index (χ0) is 14.7. The van der Waals surface area contributed by atoms with E-state index >= 15 is 0 Å². The van der Waals surface area contributed by atoms with Crippen LogP contribution in [0.1, 0.15) is 47.0 Å². The third-order valence-electron chi connectivity index (χ3n) is 2.70. The van der Waals surface area contributed by atoms with Crippen molar-refractivity contribution in [2.24, 2.45) is 0 Å². The van der Waals surface area contributed by atoms with Crippen LogP contribution < -0.4 is 5.32 Å². The Kier molecular flexibility index (Phi) is 9.51. The van der Waals surface area contributed by atoms with E-state index in [0.29, 0.717) is 6.54 Å². The molecule has 0 saturated heterocycles. The maximum absolute atomic E-state index is 10.9. The van der Waals surface area contributed by atoms with E-state index in [2.05, 4.69) is 50.0 Å². The lowest BCUT2D eigenvalue weighted by Gasteiger charge is -2.08. The molecule has 106 valence electrons. The molecule has 0 aliphatic rings. The summed E-state index contributed by atoms with van der Waals surface area (Å²) < 4.78 is 0. The van der Waals surface area contributed by atoms with Gasteiger partial charge in [-0.1, -0.05) is 38.7 Å². The van der Waals surface area contributed by atoms with E-state index in [1.807, 2.05) is 6.92 Å². The molecular weight excluding hydrogens is 234 g/mol. The first-order valence-corrected chi connectivity index (χ1v) is 6.96. The fourth-order valence-corrected chi connectivity index (χ4v) is 1.52. The maximum atomic E-state index is 10.9. The van der Waals surface area contributed by atoms with Gasteiger partial charge in [-0.15, -0.1) is 0 Å². The first-order valence-electron chi connectivity index (χ1n) is 6.96. The van der Waals surface area contributed by atoms with Gasteiger partial charge < -0.3 is 5.32 Å². The summed E-state index contributed by atoms with van der Waals surface area (Å²) in [5.41, 5.74) is 3.26. The number of Topliss-reactive ketones (excluding diaryl/α,β-unsaturated/α-hetero) is 1. The molecule has 0 aliphatic carbocycles. The number of hydrogen-bond donors (Lipinski definition) is 1. The molecule has 2 heteroatoms. The van der Waals surface area contributed by atoms with E-state index in [1.54, 1.807) is 6.92 Å². The summed E-state index contributed by atoms with van der Waals surface area (Å²) in [6.45, 7) is 12.3. The van der Waals surface area contributed by atoms with E-state index in [-0.39, 0.29) is 5.78 Å². The average molecular weight is 261 g/mol. The van der Waals surface area contributed by atoms with Crippen LogP contribution in [0.2, 0.25) is 0 Å². The molecule has 0 aromatic carbocycles. The van der Waals surface area contributed by atoms with Gasteiger partial charge in [-0.05, 0) is 50.3 Å². The van der Waals surface area contributed by atoms with Crippen LogP contribution in [0.15, 0.2) is 47.7 Å². The number of rotatable bonds is 9. The molecule has 2 nitrogen and oxygen atoms in total. The van der Waals surface area contributed by atoms with Gasteiger partial charge in [0.1, 0.15) is 5.78 Å². The Morgan fingerprint density at radius 2 is 1.89 bits per heavy atom. The predicted octanol–water partition coefficient (Wildman–Crippen LogP) is 4.32. The van der Waals surface area contributed by atoms with Gasteiger partial charge in [0.15, 0.2) is 0 Å². The van der Waals surface area contributed by atoms with Crippen molar-refractivity contribution in [2.75, 3.05) is 6.54 Å². The van der Waals surface area contributed by atoms with Crippen LogP contribution in [0.25, 0.3) is 0 Å². The summed E-state index contributed by atoms with van der Waals surface area (Å²) in [6.07, 6.45) is 11.5. The van der Waals surface area contributed by atoms with E-state index in [0.717, 1.165) is 36.1 Å². The highest BCUT2D eigenvalue weighted by atomic mass is 16.1. The molecule has 0 amide bonds. The summed E-state index contributed by atoms with van der Waals surface area (Å²) in [5.74, 6) is 0.137. The van der Waals surface area contributed by atoms with Gasteiger partial charge in [-0.2, -0.15) is 0 Å². The second-order valence-electron chi connectivity index (χ2n) is 4.61. The summed E-state index contributed by atoms with van der Waals surface area (Å²) >= 11 is 0. The molecule has 19 heavy (non-hydrogen) atoms. The molecule has 0 heterocycles. The Morgan fingerprint density at radius 3 is 2.42 bits per heavy atom. The minimum atomic E-state index is 0.137. The zero-order valence-corrected chi connectivity index (χ0v) is 12.8. The average Bonchev–Trinajstić information content (AvgIpc) is 2.39. The van der Waals surface area contributed by atoms with Gasteiger partial charge >= 0.3 is 0 Å². The Labute approximate surface area is 118 Å². The largest absolute Gasteiger partial charge is 0.381 e. The fourth-order valence-electron chi connectivity index (χ4n) is 1.52. The van der Waals surface area contributed by atoms with Crippen LogP contribution in [0.5, 0.6) is 0 Å². The van der Waals surface area contributed by atoms with Crippen molar-refractivity contribution in [1.82, 2.24) is 5.32 Å². The van der Waals surface area contributed by atoms with E-state index in [9.17, 15) is 4.79 Å². The lowest BCUT2D eigenvalue weighted by atomic mass is 10.0. The van der Waals surface area contributed by atoms with Crippen LogP contribution in [-0.2, 0) is 4.79 Å². The molecule has 0 rings (SSSR count). The summed E-state index contributed by atoms with van der Waals surface area (Å²) in [6, 6.07) is 0. The third-order valence-corrected chi connectivity index (χ3v) is 2.70. The van der Waals surface area contributed by atoms with Crippen molar-refractivity contribution in [3.63, 3.8) is 0 Å². The van der Waals surface area contributed by atoms with Gasteiger partial charge in [-0.25, -0.2) is 0 Å². The Balaban J connectivity index is 4.75. The normalized spacial score (nSPS) is 12.8. The highest BCUT2D eigenvalue weighted by Crippen LogP contribution is 2.15. The molecule has 0 aromatic heterocycles. The number of carbonyl (C=O) groups excluding carboxylic acids is 1. The lowest BCUT2D eigenvalue weighted by Crippen LogP contribution is -2.18. The van der Waals surface area contributed by atoms with Gasteiger partial charge in [-0.3, -0.25) is 4.79 Å². The second-order valence-corrected chi connectivity index (χ2v) is 4.61.